The maximum atomic E-state index is 5.78. The molecule has 3 nitrogen and oxygen atoms in total. The molecule has 3 heteroatoms. The maximum absolute atomic E-state index is 5.78. The normalized spacial score (nSPS) is 21.3. The fourth-order valence-electron chi connectivity index (χ4n) is 1.65. The molecule has 0 aromatic rings. The number of nitrogens with one attached hydrogen (secondary N) is 1. The van der Waals surface area contributed by atoms with Gasteiger partial charge in [0, 0.05) is 25.3 Å². The minimum Gasteiger partial charge on any atom is -0.381 e. The highest BCUT2D eigenvalue weighted by molar-refractivity contribution is 4.91. The summed E-state index contributed by atoms with van der Waals surface area (Å²) in [6.07, 6.45) is 4.99. The zero-order chi connectivity index (χ0) is 9.57. The lowest BCUT2D eigenvalue weighted by Crippen LogP contribution is -2.54. The second-order valence-corrected chi connectivity index (χ2v) is 3.60. The molecule has 76 valence electrons. The van der Waals surface area contributed by atoms with Crippen molar-refractivity contribution in [1.29, 1.82) is 0 Å². The molecule has 3 N–H and O–H groups in total. The Balaban J connectivity index is 2.33. The van der Waals surface area contributed by atoms with Gasteiger partial charge in [-0.3, -0.25) is 0 Å². The molecule has 0 bridgehead atoms. The van der Waals surface area contributed by atoms with Gasteiger partial charge < -0.3 is 15.8 Å². The van der Waals surface area contributed by atoms with Crippen molar-refractivity contribution in [3.05, 3.63) is 12.7 Å². The van der Waals surface area contributed by atoms with Crippen molar-refractivity contribution in [2.75, 3.05) is 26.3 Å². The van der Waals surface area contributed by atoms with E-state index in [-0.39, 0.29) is 5.54 Å². The van der Waals surface area contributed by atoms with Crippen LogP contribution < -0.4 is 11.1 Å². The van der Waals surface area contributed by atoms with Crippen LogP contribution in [0.2, 0.25) is 0 Å². The quantitative estimate of drug-likeness (QED) is 0.487. The van der Waals surface area contributed by atoms with Crippen LogP contribution in [0.1, 0.15) is 19.3 Å². The maximum Gasteiger partial charge on any atom is 0.0484 e. The molecule has 1 saturated heterocycles. The molecule has 0 aromatic heterocycles. The molecule has 0 atom stereocenters. The largest absolute Gasteiger partial charge is 0.381 e. The van der Waals surface area contributed by atoms with Crippen LogP contribution in [0.25, 0.3) is 0 Å². The van der Waals surface area contributed by atoms with Crippen molar-refractivity contribution < 1.29 is 4.74 Å². The Morgan fingerprint density at radius 2 is 2.15 bits per heavy atom. The van der Waals surface area contributed by atoms with E-state index < -0.39 is 0 Å². The number of nitrogens with two attached hydrogens (primary N) is 1. The van der Waals surface area contributed by atoms with Crippen LogP contribution in [0.4, 0.5) is 0 Å². The lowest BCUT2D eigenvalue weighted by Gasteiger charge is -2.37. The van der Waals surface area contributed by atoms with Crippen molar-refractivity contribution in [2.24, 2.45) is 5.73 Å². The Morgan fingerprint density at radius 3 is 2.69 bits per heavy atom. The first kappa shape index (κ1) is 10.7. The van der Waals surface area contributed by atoms with Crippen molar-refractivity contribution in [1.82, 2.24) is 5.32 Å². The summed E-state index contributed by atoms with van der Waals surface area (Å²) in [6.45, 7) is 7.03. The predicted octanol–water partition coefficient (Wildman–Crippen LogP) is 0.660. The summed E-state index contributed by atoms with van der Waals surface area (Å²) < 4.78 is 5.32. The average Bonchev–Trinajstić information content (AvgIpc) is 2.20. The topological polar surface area (TPSA) is 47.3 Å². The van der Waals surface area contributed by atoms with Gasteiger partial charge in [0.1, 0.15) is 0 Å². The van der Waals surface area contributed by atoms with E-state index in [1.807, 2.05) is 6.08 Å². The summed E-state index contributed by atoms with van der Waals surface area (Å²) in [7, 11) is 0. The molecule has 1 aliphatic rings. The Morgan fingerprint density at radius 1 is 1.46 bits per heavy atom. The summed E-state index contributed by atoms with van der Waals surface area (Å²) in [5, 5.41) is 3.51. The predicted molar refractivity (Wildman–Crippen MR) is 54.7 cm³/mol. The van der Waals surface area contributed by atoms with Gasteiger partial charge in [-0.05, 0) is 25.8 Å². The molecule has 0 unspecified atom stereocenters. The number of rotatable bonds is 5. The molecule has 1 fully saturated rings. The molecule has 0 aromatic carbocycles. The van der Waals surface area contributed by atoms with Crippen molar-refractivity contribution in [3.8, 4) is 0 Å². The van der Waals surface area contributed by atoms with E-state index in [0.717, 1.165) is 39.0 Å². The monoisotopic (exact) mass is 184 g/mol. The van der Waals surface area contributed by atoms with Gasteiger partial charge in [-0.1, -0.05) is 6.08 Å². The molecule has 1 rings (SSSR count). The van der Waals surface area contributed by atoms with Crippen LogP contribution in [0.15, 0.2) is 12.7 Å². The molecule has 0 radical (unpaired) electrons. The van der Waals surface area contributed by atoms with E-state index in [0.29, 0.717) is 6.54 Å². The minimum absolute atomic E-state index is 0.126. The Bertz CT molecular complexity index is 153. The van der Waals surface area contributed by atoms with Crippen LogP contribution in [0.3, 0.4) is 0 Å². The van der Waals surface area contributed by atoms with Gasteiger partial charge in [-0.25, -0.2) is 0 Å². The molecule has 0 spiro atoms. The highest BCUT2D eigenvalue weighted by Gasteiger charge is 2.29. The van der Waals surface area contributed by atoms with Crippen LogP contribution in [0.5, 0.6) is 0 Å². The Kier molecular flexibility index (Phi) is 4.42. The third-order valence-electron chi connectivity index (χ3n) is 2.69. The van der Waals surface area contributed by atoms with Gasteiger partial charge >= 0.3 is 0 Å². The molecular weight excluding hydrogens is 164 g/mol. The first-order valence-electron chi connectivity index (χ1n) is 4.97. The molecule has 1 aliphatic heterocycles. The summed E-state index contributed by atoms with van der Waals surface area (Å²) in [5.41, 5.74) is 5.90. The van der Waals surface area contributed by atoms with E-state index in [2.05, 4.69) is 11.9 Å². The van der Waals surface area contributed by atoms with Crippen LogP contribution in [0, 0.1) is 0 Å². The van der Waals surface area contributed by atoms with E-state index >= 15 is 0 Å². The fraction of sp³-hybridized carbons (Fsp3) is 0.800. The smallest absolute Gasteiger partial charge is 0.0484 e. The first-order chi connectivity index (χ1) is 6.33. The van der Waals surface area contributed by atoms with Gasteiger partial charge in [-0.15, -0.1) is 6.58 Å². The van der Waals surface area contributed by atoms with Gasteiger partial charge in [0.05, 0.1) is 0 Å². The van der Waals surface area contributed by atoms with Crippen molar-refractivity contribution in [2.45, 2.75) is 24.8 Å². The summed E-state index contributed by atoms with van der Waals surface area (Å²) in [5.74, 6) is 0. The second-order valence-electron chi connectivity index (χ2n) is 3.60. The summed E-state index contributed by atoms with van der Waals surface area (Å²) in [6, 6.07) is 0. The van der Waals surface area contributed by atoms with Crippen LogP contribution in [-0.4, -0.2) is 31.8 Å². The third kappa shape index (κ3) is 3.10. The standard InChI is InChI=1S/C10H20N2O/c1-2-3-6-12-10(9-11)4-7-13-8-5-10/h2,12H,1,3-9,11H2. The minimum atomic E-state index is 0.126. The second kappa shape index (κ2) is 5.37. The number of hydrogen-bond donors (Lipinski definition) is 2. The molecule has 1 heterocycles. The van der Waals surface area contributed by atoms with Crippen LogP contribution in [-0.2, 0) is 4.74 Å². The third-order valence-corrected chi connectivity index (χ3v) is 2.69. The summed E-state index contributed by atoms with van der Waals surface area (Å²) in [4.78, 5) is 0. The molecule has 13 heavy (non-hydrogen) atoms. The number of ether oxygens (including phenoxy) is 1. The van der Waals surface area contributed by atoms with Gasteiger partial charge in [0.25, 0.3) is 0 Å². The van der Waals surface area contributed by atoms with Crippen molar-refractivity contribution in [3.63, 3.8) is 0 Å². The van der Waals surface area contributed by atoms with E-state index in [4.69, 9.17) is 10.5 Å². The SMILES string of the molecule is C=CCCNC1(CN)CCOCC1. The van der Waals surface area contributed by atoms with Crippen molar-refractivity contribution >= 4 is 0 Å². The molecule has 0 aliphatic carbocycles. The first-order valence-corrected chi connectivity index (χ1v) is 4.97. The Hall–Kier alpha value is -0.380. The lowest BCUT2D eigenvalue weighted by atomic mass is 9.90. The van der Waals surface area contributed by atoms with Gasteiger partial charge in [0.15, 0.2) is 0 Å². The molecule has 0 amide bonds. The van der Waals surface area contributed by atoms with Gasteiger partial charge in [0.2, 0.25) is 0 Å². The van der Waals surface area contributed by atoms with E-state index in [9.17, 15) is 0 Å². The summed E-state index contributed by atoms with van der Waals surface area (Å²) >= 11 is 0. The lowest BCUT2D eigenvalue weighted by molar-refractivity contribution is 0.0418. The highest BCUT2D eigenvalue weighted by atomic mass is 16.5. The molecule has 0 saturated carbocycles. The fourth-order valence-corrected chi connectivity index (χ4v) is 1.65. The van der Waals surface area contributed by atoms with Gasteiger partial charge in [-0.2, -0.15) is 0 Å². The molecular formula is C10H20N2O. The number of hydrogen-bond acceptors (Lipinski definition) is 3. The zero-order valence-corrected chi connectivity index (χ0v) is 8.22. The Labute approximate surface area is 80.3 Å². The highest BCUT2D eigenvalue weighted by Crippen LogP contribution is 2.18. The van der Waals surface area contributed by atoms with E-state index in [1.54, 1.807) is 0 Å². The van der Waals surface area contributed by atoms with E-state index in [1.165, 1.54) is 0 Å². The average molecular weight is 184 g/mol. The zero-order valence-electron chi connectivity index (χ0n) is 8.22. The van der Waals surface area contributed by atoms with Crippen LogP contribution >= 0.6 is 0 Å².